The van der Waals surface area contributed by atoms with E-state index < -0.39 is 5.97 Å². The lowest BCUT2D eigenvalue weighted by atomic mass is 9.94. The minimum atomic E-state index is -0.443. The normalized spacial score (nSPS) is 17.5. The molecule has 0 amide bonds. The molecule has 1 aliphatic heterocycles. The third kappa shape index (κ3) is 2.63. The Morgan fingerprint density at radius 1 is 1.48 bits per heavy atom. The minimum Gasteiger partial charge on any atom is -0.465 e. The molecule has 21 heavy (non-hydrogen) atoms. The maximum absolute atomic E-state index is 11.7. The second kappa shape index (κ2) is 5.66. The van der Waals surface area contributed by atoms with E-state index >= 15 is 0 Å². The zero-order valence-corrected chi connectivity index (χ0v) is 13.4. The molecule has 1 atom stereocenters. The van der Waals surface area contributed by atoms with Crippen LogP contribution in [0.2, 0.25) is 5.15 Å². The first kappa shape index (κ1) is 14.4. The number of hydrogen-bond acceptors (Lipinski definition) is 5. The van der Waals surface area contributed by atoms with Gasteiger partial charge in [-0.25, -0.2) is 9.78 Å². The van der Waals surface area contributed by atoms with E-state index in [0.717, 1.165) is 23.8 Å². The lowest BCUT2D eigenvalue weighted by Gasteiger charge is -2.32. The second-order valence-electron chi connectivity index (χ2n) is 5.16. The number of anilines is 2. The summed E-state index contributed by atoms with van der Waals surface area (Å²) >= 11 is 7.35. The van der Waals surface area contributed by atoms with Crippen LogP contribution < -0.4 is 4.90 Å². The standard InChI is InChI=1S/C15H15ClN2O2S/c1-9-7-10-5-3-4-6-11(10)18(8-9)15-17-13(16)12(21-15)14(19)20-2/h3-6,9H,7-8H2,1-2H3. The molecule has 0 aliphatic carbocycles. The molecule has 1 unspecified atom stereocenters. The molecule has 0 saturated carbocycles. The average molecular weight is 323 g/mol. The summed E-state index contributed by atoms with van der Waals surface area (Å²) in [7, 11) is 1.34. The first-order chi connectivity index (χ1) is 10.1. The van der Waals surface area contributed by atoms with Crippen molar-refractivity contribution in [2.75, 3.05) is 18.6 Å². The Kier molecular flexibility index (Phi) is 3.87. The highest BCUT2D eigenvalue weighted by molar-refractivity contribution is 7.18. The van der Waals surface area contributed by atoms with Crippen LogP contribution in [0, 0.1) is 5.92 Å². The van der Waals surface area contributed by atoms with Gasteiger partial charge in [-0.05, 0) is 24.0 Å². The third-order valence-corrected chi connectivity index (χ3v) is 4.97. The number of para-hydroxylation sites is 1. The Hall–Kier alpha value is -1.59. The van der Waals surface area contributed by atoms with E-state index in [1.165, 1.54) is 24.0 Å². The predicted octanol–water partition coefficient (Wildman–Crippen LogP) is 3.91. The molecular formula is C15H15ClN2O2S. The fourth-order valence-corrected chi connectivity index (χ4v) is 3.83. The molecule has 0 spiro atoms. The van der Waals surface area contributed by atoms with Crippen LogP contribution in [0.25, 0.3) is 0 Å². The molecule has 2 aromatic rings. The van der Waals surface area contributed by atoms with Gasteiger partial charge in [0.05, 0.1) is 7.11 Å². The van der Waals surface area contributed by atoms with Crippen molar-refractivity contribution in [2.24, 2.45) is 5.92 Å². The number of halogens is 1. The number of methoxy groups -OCH3 is 1. The van der Waals surface area contributed by atoms with Gasteiger partial charge in [0, 0.05) is 12.2 Å². The Bertz CT molecular complexity index is 686. The van der Waals surface area contributed by atoms with Crippen molar-refractivity contribution in [2.45, 2.75) is 13.3 Å². The van der Waals surface area contributed by atoms with Crippen molar-refractivity contribution in [3.05, 3.63) is 39.9 Å². The largest absolute Gasteiger partial charge is 0.465 e. The summed E-state index contributed by atoms with van der Waals surface area (Å²) in [6.07, 6.45) is 1.05. The molecule has 1 aliphatic rings. The van der Waals surface area contributed by atoms with Gasteiger partial charge in [0.15, 0.2) is 15.2 Å². The van der Waals surface area contributed by atoms with Crippen LogP contribution in [0.15, 0.2) is 24.3 Å². The highest BCUT2D eigenvalue weighted by atomic mass is 35.5. The summed E-state index contributed by atoms with van der Waals surface area (Å²) in [5.41, 5.74) is 2.43. The van der Waals surface area contributed by atoms with Crippen molar-refractivity contribution in [3.63, 3.8) is 0 Å². The summed E-state index contributed by atoms with van der Waals surface area (Å²) in [5, 5.41) is 0.942. The van der Waals surface area contributed by atoms with Crippen LogP contribution in [0.1, 0.15) is 22.2 Å². The third-order valence-electron chi connectivity index (χ3n) is 3.52. The summed E-state index contributed by atoms with van der Waals surface area (Å²) < 4.78 is 4.74. The molecule has 0 saturated heterocycles. The van der Waals surface area contributed by atoms with Gasteiger partial charge < -0.3 is 9.64 Å². The quantitative estimate of drug-likeness (QED) is 0.786. The van der Waals surface area contributed by atoms with Crippen LogP contribution in [0.4, 0.5) is 10.8 Å². The van der Waals surface area contributed by atoms with Gasteiger partial charge in [0.2, 0.25) is 0 Å². The molecular weight excluding hydrogens is 308 g/mol. The fraction of sp³-hybridized carbons (Fsp3) is 0.333. The van der Waals surface area contributed by atoms with Gasteiger partial charge in [0.1, 0.15) is 0 Å². The van der Waals surface area contributed by atoms with Gasteiger partial charge in [-0.1, -0.05) is 48.1 Å². The fourth-order valence-electron chi connectivity index (χ4n) is 2.60. The second-order valence-corrected chi connectivity index (χ2v) is 6.49. The van der Waals surface area contributed by atoms with Crippen LogP contribution in [0.5, 0.6) is 0 Å². The van der Waals surface area contributed by atoms with Gasteiger partial charge in [-0.15, -0.1) is 0 Å². The molecule has 0 radical (unpaired) electrons. The van der Waals surface area contributed by atoms with E-state index in [-0.39, 0.29) is 5.15 Å². The van der Waals surface area contributed by atoms with Crippen molar-refractivity contribution in [3.8, 4) is 0 Å². The Balaban J connectivity index is 2.03. The zero-order chi connectivity index (χ0) is 15.0. The number of nitrogens with zero attached hydrogens (tertiary/aromatic N) is 2. The number of esters is 1. The number of carbonyl (C=O) groups is 1. The van der Waals surface area contributed by atoms with E-state index in [9.17, 15) is 4.79 Å². The number of rotatable bonds is 2. The predicted molar refractivity (Wildman–Crippen MR) is 84.8 cm³/mol. The number of benzene rings is 1. The summed E-state index contributed by atoms with van der Waals surface area (Å²) in [5.74, 6) is 0.0752. The van der Waals surface area contributed by atoms with E-state index in [2.05, 4.69) is 28.9 Å². The molecule has 6 heteroatoms. The van der Waals surface area contributed by atoms with E-state index in [4.69, 9.17) is 16.3 Å². The highest BCUT2D eigenvalue weighted by Gasteiger charge is 2.27. The van der Waals surface area contributed by atoms with Crippen LogP contribution in [-0.2, 0) is 11.2 Å². The molecule has 1 aromatic carbocycles. The maximum Gasteiger partial charge on any atom is 0.351 e. The number of hydrogen-bond donors (Lipinski definition) is 0. The monoisotopic (exact) mass is 322 g/mol. The van der Waals surface area contributed by atoms with Crippen molar-refractivity contribution in [1.82, 2.24) is 4.98 Å². The van der Waals surface area contributed by atoms with Gasteiger partial charge in [-0.2, -0.15) is 0 Å². The molecule has 3 rings (SSSR count). The SMILES string of the molecule is COC(=O)c1sc(N2CC(C)Cc3ccccc32)nc1Cl. The smallest absolute Gasteiger partial charge is 0.351 e. The van der Waals surface area contributed by atoms with E-state index in [1.54, 1.807) is 0 Å². The highest BCUT2D eigenvalue weighted by Crippen LogP contribution is 2.39. The topological polar surface area (TPSA) is 42.4 Å². The van der Waals surface area contributed by atoms with E-state index in [0.29, 0.717) is 10.8 Å². The number of thiazole rings is 1. The Morgan fingerprint density at radius 2 is 2.24 bits per heavy atom. The van der Waals surface area contributed by atoms with Crippen molar-refractivity contribution in [1.29, 1.82) is 0 Å². The molecule has 110 valence electrons. The minimum absolute atomic E-state index is 0.206. The number of ether oxygens (including phenoxy) is 1. The van der Waals surface area contributed by atoms with Crippen LogP contribution in [0.3, 0.4) is 0 Å². The maximum atomic E-state index is 11.7. The summed E-state index contributed by atoms with van der Waals surface area (Å²) in [6.45, 7) is 3.07. The van der Waals surface area contributed by atoms with Crippen molar-refractivity contribution < 1.29 is 9.53 Å². The Morgan fingerprint density at radius 3 is 3.00 bits per heavy atom. The first-order valence-electron chi connectivity index (χ1n) is 6.70. The zero-order valence-electron chi connectivity index (χ0n) is 11.8. The molecule has 4 nitrogen and oxygen atoms in total. The number of carbonyl (C=O) groups excluding carboxylic acids is 1. The van der Waals surface area contributed by atoms with Crippen LogP contribution in [-0.4, -0.2) is 24.6 Å². The lowest BCUT2D eigenvalue weighted by molar-refractivity contribution is 0.0606. The van der Waals surface area contributed by atoms with Gasteiger partial charge in [0.25, 0.3) is 0 Å². The molecule has 0 fully saturated rings. The average Bonchev–Trinajstić information content (AvgIpc) is 2.87. The molecule has 1 aromatic heterocycles. The first-order valence-corrected chi connectivity index (χ1v) is 7.89. The molecule has 0 bridgehead atoms. The lowest BCUT2D eigenvalue weighted by Crippen LogP contribution is -2.30. The number of aromatic nitrogens is 1. The number of fused-ring (bicyclic) bond motifs is 1. The van der Waals surface area contributed by atoms with Crippen molar-refractivity contribution >= 4 is 39.7 Å². The molecule has 2 heterocycles. The van der Waals surface area contributed by atoms with Gasteiger partial charge in [-0.3, -0.25) is 0 Å². The summed E-state index contributed by atoms with van der Waals surface area (Å²) in [6, 6.07) is 8.27. The van der Waals surface area contributed by atoms with E-state index in [1.807, 2.05) is 12.1 Å². The summed E-state index contributed by atoms with van der Waals surface area (Å²) in [4.78, 5) is 18.5. The molecule has 0 N–H and O–H groups in total. The van der Waals surface area contributed by atoms with Crippen LogP contribution >= 0.6 is 22.9 Å². The Labute approximate surface area is 132 Å². The van der Waals surface area contributed by atoms with Gasteiger partial charge >= 0.3 is 5.97 Å².